The third kappa shape index (κ3) is 3.94. The van der Waals surface area contributed by atoms with Crippen molar-refractivity contribution in [3.05, 3.63) is 59.7 Å². The summed E-state index contributed by atoms with van der Waals surface area (Å²) >= 11 is 0.219. The van der Waals surface area contributed by atoms with Crippen LogP contribution in [-0.2, 0) is 19.6 Å². The van der Waals surface area contributed by atoms with Gasteiger partial charge in [-0.05, 0) is 0 Å². The maximum absolute atomic E-state index is 12.7. The van der Waals surface area contributed by atoms with Crippen molar-refractivity contribution in [2.45, 2.75) is 4.90 Å². The molecule has 0 heterocycles. The van der Waals surface area contributed by atoms with Crippen LogP contribution < -0.4 is 2.81 Å². The molecule has 0 atom stereocenters. The summed E-state index contributed by atoms with van der Waals surface area (Å²) in [6.07, 6.45) is 0. The molecule has 0 radical (unpaired) electrons. The van der Waals surface area contributed by atoms with Crippen LogP contribution in [0.15, 0.2) is 53.4 Å². The zero-order chi connectivity index (χ0) is 21.3. The van der Waals surface area contributed by atoms with E-state index in [0.717, 1.165) is 25.7 Å². The first kappa shape index (κ1) is 21.5. The summed E-state index contributed by atoms with van der Waals surface area (Å²) in [5.74, 6) is -1.62. The molecule has 0 aliphatic rings. The minimum absolute atomic E-state index is 0.00574. The number of benzene rings is 3. The van der Waals surface area contributed by atoms with Crippen LogP contribution >= 0.6 is 0 Å². The molecule has 0 aliphatic carbocycles. The van der Waals surface area contributed by atoms with Gasteiger partial charge in [-0.15, -0.1) is 0 Å². The molecule has 0 aliphatic heterocycles. The molecule has 29 heavy (non-hydrogen) atoms. The number of fused-ring (bicyclic) bond motifs is 1. The van der Waals surface area contributed by atoms with Gasteiger partial charge in [-0.2, -0.15) is 0 Å². The Morgan fingerprint density at radius 1 is 0.966 bits per heavy atom. The van der Waals surface area contributed by atoms with Crippen molar-refractivity contribution < 1.29 is 32.0 Å². The van der Waals surface area contributed by atoms with Gasteiger partial charge in [0, 0.05) is 0 Å². The molecule has 0 aromatic heterocycles. The molecule has 0 unspecified atom stereocenters. The molecule has 3 rings (SSSR count). The summed E-state index contributed by atoms with van der Waals surface area (Å²) in [4.78, 5) is 24.3. The van der Waals surface area contributed by atoms with Gasteiger partial charge < -0.3 is 0 Å². The number of methoxy groups -OCH3 is 2. The molecular weight excluding hydrogens is 407 g/mol. The molecule has 3 aromatic rings. The first-order valence-corrected chi connectivity index (χ1v) is 10.9. The average Bonchev–Trinajstić information content (AvgIpc) is 2.71. The molecule has 9 heteroatoms. The number of carbonyl (C=O) groups is 2. The summed E-state index contributed by atoms with van der Waals surface area (Å²) in [5, 5.41) is 1.49. The maximum atomic E-state index is 12.7. The summed E-state index contributed by atoms with van der Waals surface area (Å²) in [7, 11) is -2.49. The first-order chi connectivity index (χ1) is 13.7. The Hall–Kier alpha value is -2.23. The van der Waals surface area contributed by atoms with Crippen molar-refractivity contribution >= 4 is 63.6 Å². The molecule has 0 fully saturated rings. The standard InChI is InChI=1S/C20H15O7S.Na/c1-26-19(21)13-10-16(20(22)27-2)18(17(11-13)28(23,24)25)15-9-5-7-12-6-3-4-8-14(12)15;/h3-9,11H,1-2H3,(H,23,24,25);. The Morgan fingerprint density at radius 3 is 2.21 bits per heavy atom. The summed E-state index contributed by atoms with van der Waals surface area (Å²) < 4.78 is 44.4. The monoisotopic (exact) mass is 422 g/mol. The van der Waals surface area contributed by atoms with Crippen molar-refractivity contribution in [2.75, 3.05) is 14.2 Å². The van der Waals surface area contributed by atoms with E-state index in [2.05, 4.69) is 0 Å². The van der Waals surface area contributed by atoms with Gasteiger partial charge in [0.05, 0.1) is 0 Å². The van der Waals surface area contributed by atoms with Gasteiger partial charge in [-0.3, -0.25) is 0 Å². The number of esters is 2. The predicted octanol–water partition coefficient (Wildman–Crippen LogP) is 2.12. The summed E-state index contributed by atoms with van der Waals surface area (Å²) in [6, 6.07) is 13.5. The van der Waals surface area contributed by atoms with Gasteiger partial charge in [-0.1, -0.05) is 0 Å². The Morgan fingerprint density at radius 2 is 1.59 bits per heavy atom. The van der Waals surface area contributed by atoms with E-state index in [0.29, 0.717) is 13.8 Å². The van der Waals surface area contributed by atoms with Gasteiger partial charge in [0.1, 0.15) is 0 Å². The van der Waals surface area contributed by atoms with Crippen LogP contribution in [-0.4, -0.2) is 67.1 Å². The van der Waals surface area contributed by atoms with E-state index in [1.807, 2.05) is 18.2 Å². The van der Waals surface area contributed by atoms with Gasteiger partial charge >= 0.3 is 186 Å². The predicted molar refractivity (Wildman–Crippen MR) is 107 cm³/mol. The second kappa shape index (κ2) is 8.25. The normalized spacial score (nSPS) is 11.3. The van der Waals surface area contributed by atoms with Crippen molar-refractivity contribution in [3.8, 4) is 11.1 Å². The summed E-state index contributed by atoms with van der Waals surface area (Å²) in [6.45, 7) is 0. The molecule has 1 N–H and O–H groups in total. The van der Waals surface area contributed by atoms with E-state index < -0.39 is 27.0 Å². The fraction of sp³-hybridized carbons (Fsp3) is 0.100. The Labute approximate surface area is 184 Å². The molecule has 144 valence electrons. The number of carbonyl (C=O) groups excluding carboxylic acids is 2. The van der Waals surface area contributed by atoms with E-state index in [9.17, 15) is 22.6 Å². The molecular formula is C20H15NaO7S. The molecule has 0 amide bonds. The van der Waals surface area contributed by atoms with Crippen molar-refractivity contribution in [3.63, 3.8) is 0 Å². The fourth-order valence-electron chi connectivity index (χ4n) is 3.35. The zero-order valence-electron chi connectivity index (χ0n) is 15.9. The number of rotatable bonds is 4. The second-order valence-electron chi connectivity index (χ2n) is 6.28. The van der Waals surface area contributed by atoms with Gasteiger partial charge in [0.25, 0.3) is 0 Å². The van der Waals surface area contributed by atoms with Crippen LogP contribution in [0.3, 0.4) is 0 Å². The van der Waals surface area contributed by atoms with Crippen molar-refractivity contribution in [1.29, 1.82) is 0 Å². The van der Waals surface area contributed by atoms with Crippen molar-refractivity contribution in [1.82, 2.24) is 0 Å². The quantitative estimate of drug-likeness (QED) is 0.390. The van der Waals surface area contributed by atoms with Gasteiger partial charge in [0.15, 0.2) is 0 Å². The number of hydrogen-bond acceptors (Lipinski definition) is 6. The van der Waals surface area contributed by atoms with Crippen LogP contribution in [0.4, 0.5) is 0 Å². The van der Waals surface area contributed by atoms with E-state index in [4.69, 9.17) is 9.47 Å². The van der Waals surface area contributed by atoms with Gasteiger partial charge in [0.2, 0.25) is 0 Å². The fourth-order valence-corrected chi connectivity index (χ4v) is 4.89. The Balaban J connectivity index is 2.58. The minimum atomic E-state index is -4.80. The van der Waals surface area contributed by atoms with Crippen LogP contribution in [0.1, 0.15) is 20.7 Å². The molecule has 3 aromatic carbocycles. The van der Waals surface area contributed by atoms with E-state index in [1.165, 1.54) is 0 Å². The zero-order valence-corrected chi connectivity index (χ0v) is 18.7. The molecule has 0 saturated heterocycles. The average molecular weight is 422 g/mol. The second-order valence-corrected chi connectivity index (χ2v) is 8.67. The molecule has 0 spiro atoms. The van der Waals surface area contributed by atoms with Crippen LogP contribution in [0, 0.1) is 0 Å². The van der Waals surface area contributed by atoms with Crippen LogP contribution in [0.2, 0.25) is 0 Å². The molecule has 7 nitrogen and oxygen atoms in total. The Kier molecular flexibility index (Phi) is 6.11. The van der Waals surface area contributed by atoms with Crippen LogP contribution in [0.25, 0.3) is 21.9 Å². The first-order valence-electron chi connectivity index (χ1n) is 8.50. The third-order valence-corrected chi connectivity index (χ3v) is 6.60. The van der Waals surface area contributed by atoms with E-state index >= 15 is 0 Å². The van der Waals surface area contributed by atoms with E-state index in [-0.39, 0.29) is 44.6 Å². The van der Waals surface area contributed by atoms with Crippen LogP contribution in [0.5, 0.6) is 0 Å². The topological polar surface area (TPSA) is 107 Å². The molecule has 0 bridgehead atoms. The van der Waals surface area contributed by atoms with Gasteiger partial charge in [-0.25, -0.2) is 0 Å². The van der Waals surface area contributed by atoms with Crippen molar-refractivity contribution in [2.24, 2.45) is 0 Å². The third-order valence-electron chi connectivity index (χ3n) is 4.68. The SMILES string of the molecule is COC(=O)c1cc(S(=O)(=O)O)c(-c2cccc3ccccc23)c(C(=O)OC)[c]1[Na]. The number of hydrogen-bond donors (Lipinski definition) is 1. The molecule has 0 saturated carbocycles. The number of ether oxygens (including phenoxy) is 2. The van der Waals surface area contributed by atoms with E-state index in [1.54, 1.807) is 24.3 Å². The Bertz CT molecular complexity index is 1240. The summed E-state index contributed by atoms with van der Waals surface area (Å²) in [5.41, 5.74) is 0.237.